The number of anilines is 3. The number of hydrogen-bond donors (Lipinski definition) is 0. The summed E-state index contributed by atoms with van der Waals surface area (Å²) < 4.78 is 4.87. The van der Waals surface area contributed by atoms with Gasteiger partial charge in [-0.1, -0.05) is 146 Å². The molecule has 0 amide bonds. The van der Waals surface area contributed by atoms with E-state index in [2.05, 4.69) is 226 Å². The first-order valence-corrected chi connectivity index (χ1v) is 18.1. The van der Waals surface area contributed by atoms with Gasteiger partial charge in [-0.05, 0) is 89.0 Å². The fraction of sp³-hybridized carbons (Fsp3) is 0. The Morgan fingerprint density at radius 2 is 0.717 bits per heavy atom. The molecular formula is C50H35N3. The van der Waals surface area contributed by atoms with Crippen molar-refractivity contribution in [2.75, 3.05) is 4.90 Å². The van der Waals surface area contributed by atoms with Gasteiger partial charge in [-0.25, -0.2) is 0 Å². The van der Waals surface area contributed by atoms with E-state index in [4.69, 9.17) is 0 Å². The van der Waals surface area contributed by atoms with Crippen LogP contribution >= 0.6 is 0 Å². The Bertz CT molecular complexity index is 2750. The quantitative estimate of drug-likeness (QED) is 0.164. The normalized spacial score (nSPS) is 11.4. The molecule has 53 heavy (non-hydrogen) atoms. The molecule has 8 aromatic carbocycles. The van der Waals surface area contributed by atoms with Crippen molar-refractivity contribution in [1.29, 1.82) is 0 Å². The van der Waals surface area contributed by atoms with Crippen molar-refractivity contribution in [1.82, 2.24) is 9.13 Å². The topological polar surface area (TPSA) is 13.1 Å². The Hall–Kier alpha value is -7.10. The fourth-order valence-electron chi connectivity index (χ4n) is 7.93. The van der Waals surface area contributed by atoms with Gasteiger partial charge < -0.3 is 4.90 Å². The first kappa shape index (κ1) is 30.7. The van der Waals surface area contributed by atoms with Gasteiger partial charge in [0.25, 0.3) is 0 Å². The van der Waals surface area contributed by atoms with Crippen LogP contribution in [0.25, 0.3) is 66.5 Å². The van der Waals surface area contributed by atoms with Gasteiger partial charge in [0.15, 0.2) is 0 Å². The van der Waals surface area contributed by atoms with Gasteiger partial charge in [0.05, 0.1) is 16.7 Å². The van der Waals surface area contributed by atoms with E-state index in [1.54, 1.807) is 0 Å². The predicted octanol–water partition coefficient (Wildman–Crippen LogP) is 13.5. The highest BCUT2D eigenvalue weighted by atomic mass is 15.2. The van der Waals surface area contributed by atoms with E-state index >= 15 is 0 Å². The Labute approximate surface area is 308 Å². The van der Waals surface area contributed by atoms with E-state index in [0.717, 1.165) is 39.6 Å². The van der Waals surface area contributed by atoms with Crippen LogP contribution in [0.15, 0.2) is 212 Å². The number of aromatic nitrogens is 2. The van der Waals surface area contributed by atoms with Crippen molar-refractivity contribution >= 4 is 49.9 Å². The smallest absolute Gasteiger partial charge is 0.131 e. The van der Waals surface area contributed by atoms with Crippen LogP contribution in [-0.2, 0) is 0 Å². The number of para-hydroxylation sites is 3. The molecule has 0 saturated heterocycles. The lowest BCUT2D eigenvalue weighted by Crippen LogP contribution is -2.10. The maximum Gasteiger partial charge on any atom is 0.131 e. The molecule has 2 heterocycles. The zero-order chi connectivity index (χ0) is 35.1. The molecule has 0 unspecified atom stereocenters. The SMILES string of the molecule is c1ccc(-c2ccc(N(c3ccc(-c4ccccc4)cc3)c3cccc4c3c3c5ccccc5n(-c5ccccc5)c3n4-c3ccccc3)cc2)cc1. The second-order valence-corrected chi connectivity index (χ2v) is 13.4. The molecule has 10 aromatic rings. The van der Waals surface area contributed by atoms with E-state index in [0.29, 0.717) is 0 Å². The first-order chi connectivity index (χ1) is 26.3. The molecule has 3 heteroatoms. The van der Waals surface area contributed by atoms with E-state index < -0.39 is 0 Å². The van der Waals surface area contributed by atoms with E-state index in [9.17, 15) is 0 Å². The minimum atomic E-state index is 1.09. The molecule has 250 valence electrons. The summed E-state index contributed by atoms with van der Waals surface area (Å²) in [6.45, 7) is 0. The zero-order valence-electron chi connectivity index (χ0n) is 29.0. The van der Waals surface area contributed by atoms with Gasteiger partial charge in [-0.15, -0.1) is 0 Å². The van der Waals surface area contributed by atoms with E-state index in [-0.39, 0.29) is 0 Å². The van der Waals surface area contributed by atoms with Crippen LogP contribution in [0, 0.1) is 0 Å². The maximum absolute atomic E-state index is 2.44. The molecule has 0 saturated carbocycles. The summed E-state index contributed by atoms with van der Waals surface area (Å²) >= 11 is 0. The van der Waals surface area contributed by atoms with Gasteiger partial charge in [-0.3, -0.25) is 9.13 Å². The molecule has 0 N–H and O–H groups in total. The molecular weight excluding hydrogens is 643 g/mol. The lowest BCUT2D eigenvalue weighted by molar-refractivity contribution is 1.07. The number of nitrogens with zero attached hydrogens (tertiary/aromatic N) is 3. The molecule has 0 fully saturated rings. The second-order valence-electron chi connectivity index (χ2n) is 13.4. The molecule has 2 aromatic heterocycles. The van der Waals surface area contributed by atoms with Crippen molar-refractivity contribution < 1.29 is 0 Å². The van der Waals surface area contributed by atoms with Crippen molar-refractivity contribution in [3.8, 4) is 33.6 Å². The summed E-state index contributed by atoms with van der Waals surface area (Å²) in [6.07, 6.45) is 0. The number of benzene rings is 8. The third-order valence-corrected chi connectivity index (χ3v) is 10.3. The standard InChI is InChI=1S/C50H35N3/c1-5-16-36(17-6-1)38-28-32-42(33-29-38)51(43-34-30-39(31-35-43)37-18-7-2-8-19-37)46-26-15-27-47-49(46)48-44-24-13-14-25-45(44)52(40-20-9-3-10-21-40)50(48)53(47)41-22-11-4-12-23-41/h1-35H. The third-order valence-electron chi connectivity index (χ3n) is 10.3. The number of hydrogen-bond acceptors (Lipinski definition) is 1. The highest BCUT2D eigenvalue weighted by Gasteiger charge is 2.26. The molecule has 3 nitrogen and oxygen atoms in total. The lowest BCUT2D eigenvalue weighted by Gasteiger charge is -2.27. The summed E-state index contributed by atoms with van der Waals surface area (Å²) in [5, 5.41) is 3.65. The van der Waals surface area contributed by atoms with Crippen LogP contribution in [0.2, 0.25) is 0 Å². The van der Waals surface area contributed by atoms with Gasteiger partial charge in [0.1, 0.15) is 5.65 Å². The van der Waals surface area contributed by atoms with Gasteiger partial charge in [-0.2, -0.15) is 0 Å². The van der Waals surface area contributed by atoms with Crippen molar-refractivity contribution in [3.05, 3.63) is 212 Å². The molecule has 0 spiro atoms. The van der Waals surface area contributed by atoms with Gasteiger partial charge >= 0.3 is 0 Å². The van der Waals surface area contributed by atoms with Crippen LogP contribution in [0.3, 0.4) is 0 Å². The monoisotopic (exact) mass is 677 g/mol. The predicted molar refractivity (Wildman–Crippen MR) is 223 cm³/mol. The summed E-state index contributed by atoms with van der Waals surface area (Å²) in [4.78, 5) is 2.43. The highest BCUT2D eigenvalue weighted by molar-refractivity contribution is 6.26. The molecule has 0 bridgehead atoms. The lowest BCUT2D eigenvalue weighted by atomic mass is 10.0. The van der Waals surface area contributed by atoms with Crippen LogP contribution in [0.1, 0.15) is 0 Å². The first-order valence-electron chi connectivity index (χ1n) is 18.1. The Kier molecular flexibility index (Phi) is 7.47. The number of rotatable bonds is 7. The molecule has 0 atom stereocenters. The summed E-state index contributed by atoms with van der Waals surface area (Å²) in [5.74, 6) is 0. The van der Waals surface area contributed by atoms with E-state index in [1.165, 1.54) is 43.9 Å². The molecule has 0 aliphatic heterocycles. The molecule has 0 radical (unpaired) electrons. The van der Waals surface area contributed by atoms with Crippen molar-refractivity contribution in [3.63, 3.8) is 0 Å². The van der Waals surface area contributed by atoms with Gasteiger partial charge in [0, 0.05) is 38.9 Å². The highest BCUT2D eigenvalue weighted by Crippen LogP contribution is 2.47. The summed E-state index contributed by atoms with van der Waals surface area (Å²) in [5.41, 5.74) is 13.8. The van der Waals surface area contributed by atoms with Crippen LogP contribution in [0.4, 0.5) is 17.1 Å². The summed E-state index contributed by atoms with van der Waals surface area (Å²) in [7, 11) is 0. The van der Waals surface area contributed by atoms with Crippen molar-refractivity contribution in [2.45, 2.75) is 0 Å². The summed E-state index contributed by atoms with van der Waals surface area (Å²) in [6, 6.07) is 76.2. The molecule has 0 aliphatic rings. The maximum atomic E-state index is 2.44. The minimum Gasteiger partial charge on any atom is -0.310 e. The van der Waals surface area contributed by atoms with Crippen LogP contribution in [-0.4, -0.2) is 9.13 Å². The van der Waals surface area contributed by atoms with Crippen LogP contribution < -0.4 is 4.90 Å². The molecule has 0 aliphatic carbocycles. The van der Waals surface area contributed by atoms with E-state index in [1.807, 2.05) is 0 Å². The second kappa shape index (κ2) is 12.9. The third kappa shape index (κ3) is 5.21. The Morgan fingerprint density at radius 3 is 1.25 bits per heavy atom. The minimum absolute atomic E-state index is 1.09. The number of fused-ring (bicyclic) bond motifs is 5. The Balaban J connectivity index is 1.28. The fourth-order valence-corrected chi connectivity index (χ4v) is 7.93. The largest absolute Gasteiger partial charge is 0.310 e. The Morgan fingerprint density at radius 1 is 0.302 bits per heavy atom. The van der Waals surface area contributed by atoms with Crippen molar-refractivity contribution in [2.24, 2.45) is 0 Å². The average Bonchev–Trinajstić information content (AvgIpc) is 3.76. The molecule has 10 rings (SSSR count). The zero-order valence-corrected chi connectivity index (χ0v) is 29.0. The van der Waals surface area contributed by atoms with Crippen LogP contribution in [0.5, 0.6) is 0 Å². The average molecular weight is 678 g/mol. The van der Waals surface area contributed by atoms with Gasteiger partial charge in [0.2, 0.25) is 0 Å².